The summed E-state index contributed by atoms with van der Waals surface area (Å²) in [6, 6.07) is 10.7. The van der Waals surface area contributed by atoms with Gasteiger partial charge in [-0.05, 0) is 42.5 Å². The third-order valence-electron chi connectivity index (χ3n) is 4.81. The quantitative estimate of drug-likeness (QED) is 0.309. The number of nitrogen functional groups attached to an aromatic ring is 1. The number of hydrogen-bond acceptors (Lipinski definition) is 8. The number of carbonyl (C=O) groups is 1. The Kier molecular flexibility index (Phi) is 8.15. The van der Waals surface area contributed by atoms with Crippen LogP contribution in [0.4, 0.5) is 23.0 Å². The van der Waals surface area contributed by atoms with Gasteiger partial charge in [-0.3, -0.25) is 15.6 Å². The summed E-state index contributed by atoms with van der Waals surface area (Å²) in [5.41, 5.74) is 12.1. The van der Waals surface area contributed by atoms with Crippen LogP contribution in [0, 0.1) is 0 Å². The van der Waals surface area contributed by atoms with Crippen molar-refractivity contribution in [3.05, 3.63) is 64.4 Å². The molecule has 34 heavy (non-hydrogen) atoms. The minimum Gasteiger partial charge on any atom is -0.393 e. The second-order valence-corrected chi connectivity index (χ2v) is 9.71. The van der Waals surface area contributed by atoms with Crippen molar-refractivity contribution in [3.63, 3.8) is 0 Å². The Labute approximate surface area is 207 Å². The lowest BCUT2D eigenvalue weighted by molar-refractivity contribution is 0.0962. The smallest absolute Gasteiger partial charge is 0.271 e. The van der Waals surface area contributed by atoms with Crippen molar-refractivity contribution in [1.29, 1.82) is 0 Å². The largest absolute Gasteiger partial charge is 0.393 e. The molecular formula is C21H23Cl2N7O3S. The molecule has 1 aromatic heterocycles. The van der Waals surface area contributed by atoms with Gasteiger partial charge in [0.05, 0.1) is 15.5 Å². The van der Waals surface area contributed by atoms with E-state index in [1.54, 1.807) is 32.0 Å². The van der Waals surface area contributed by atoms with Crippen LogP contribution in [-0.2, 0) is 10.0 Å². The third-order valence-corrected chi connectivity index (χ3v) is 7.43. The highest BCUT2D eigenvalue weighted by Gasteiger charge is 2.21. The van der Waals surface area contributed by atoms with Crippen LogP contribution < -0.4 is 21.9 Å². The predicted octanol–water partition coefficient (Wildman–Crippen LogP) is 3.90. The molecule has 1 amide bonds. The van der Waals surface area contributed by atoms with Crippen molar-refractivity contribution in [2.24, 2.45) is 0 Å². The first kappa shape index (κ1) is 25.5. The molecule has 0 unspecified atom stereocenters. The van der Waals surface area contributed by atoms with Crippen molar-refractivity contribution >= 4 is 62.1 Å². The second kappa shape index (κ2) is 10.9. The summed E-state index contributed by atoms with van der Waals surface area (Å²) in [6.45, 7) is 4.33. The van der Waals surface area contributed by atoms with E-state index < -0.39 is 15.9 Å². The number of nitrogens with two attached hydrogens (primary N) is 1. The molecule has 10 nitrogen and oxygen atoms in total. The Morgan fingerprint density at radius 3 is 2.29 bits per heavy atom. The van der Waals surface area contributed by atoms with E-state index in [4.69, 9.17) is 28.9 Å². The summed E-state index contributed by atoms with van der Waals surface area (Å²) in [5.74, 6) is -0.105. The van der Waals surface area contributed by atoms with Crippen LogP contribution in [0.1, 0.15) is 24.2 Å². The topological polar surface area (TPSA) is 142 Å². The molecule has 5 N–H and O–H groups in total. The van der Waals surface area contributed by atoms with Gasteiger partial charge in [0.2, 0.25) is 10.0 Å². The fraction of sp³-hybridized carbons (Fsp3) is 0.190. The monoisotopic (exact) mass is 523 g/mol. The molecule has 3 aromatic rings. The first-order chi connectivity index (χ1) is 16.2. The SMILES string of the molecule is CCN(CC)S(=O)(=O)c1ccc(Nc2ncnc(NNC(=O)c3ccc(Cl)cc3Cl)c2N)cc1. The first-order valence-corrected chi connectivity index (χ1v) is 12.4. The normalized spacial score (nSPS) is 11.3. The fourth-order valence-electron chi connectivity index (χ4n) is 3.01. The van der Waals surface area contributed by atoms with Gasteiger partial charge in [-0.15, -0.1) is 0 Å². The molecule has 0 spiro atoms. The van der Waals surface area contributed by atoms with Crippen LogP contribution in [0.25, 0.3) is 0 Å². The van der Waals surface area contributed by atoms with Crippen LogP contribution in [-0.4, -0.2) is 41.7 Å². The van der Waals surface area contributed by atoms with Crippen molar-refractivity contribution < 1.29 is 13.2 Å². The van der Waals surface area contributed by atoms with E-state index in [0.717, 1.165) is 0 Å². The molecule has 180 valence electrons. The zero-order chi connectivity index (χ0) is 24.9. The van der Waals surface area contributed by atoms with Gasteiger partial charge in [0, 0.05) is 23.8 Å². The zero-order valence-corrected chi connectivity index (χ0v) is 20.7. The number of hydrogen-bond donors (Lipinski definition) is 4. The van der Waals surface area contributed by atoms with E-state index in [1.165, 1.54) is 34.9 Å². The number of aromatic nitrogens is 2. The van der Waals surface area contributed by atoms with Crippen LogP contribution in [0.3, 0.4) is 0 Å². The Morgan fingerprint density at radius 1 is 1.03 bits per heavy atom. The Balaban J connectivity index is 1.72. The van der Waals surface area contributed by atoms with Gasteiger partial charge >= 0.3 is 0 Å². The maximum absolute atomic E-state index is 12.6. The summed E-state index contributed by atoms with van der Waals surface area (Å²) in [7, 11) is -3.56. The van der Waals surface area contributed by atoms with Crippen LogP contribution in [0.2, 0.25) is 10.0 Å². The fourth-order valence-corrected chi connectivity index (χ4v) is 4.96. The molecule has 3 rings (SSSR count). The van der Waals surface area contributed by atoms with Crippen LogP contribution in [0.5, 0.6) is 0 Å². The van der Waals surface area contributed by atoms with Gasteiger partial charge in [-0.25, -0.2) is 18.4 Å². The van der Waals surface area contributed by atoms with Crippen LogP contribution >= 0.6 is 23.2 Å². The van der Waals surface area contributed by atoms with Crippen molar-refractivity contribution in [1.82, 2.24) is 19.7 Å². The minimum atomic E-state index is -3.56. The summed E-state index contributed by atoms with van der Waals surface area (Å²) < 4.78 is 26.7. The molecule has 0 bridgehead atoms. The predicted molar refractivity (Wildman–Crippen MR) is 134 cm³/mol. The Bertz CT molecular complexity index is 1280. The lowest BCUT2D eigenvalue weighted by Gasteiger charge is -2.18. The third kappa shape index (κ3) is 5.68. The highest BCUT2D eigenvalue weighted by Crippen LogP contribution is 2.27. The molecule has 13 heteroatoms. The van der Waals surface area contributed by atoms with E-state index in [1.807, 2.05) is 0 Å². The van der Waals surface area contributed by atoms with Crippen molar-refractivity contribution in [3.8, 4) is 0 Å². The Morgan fingerprint density at radius 2 is 1.68 bits per heavy atom. The molecule has 1 heterocycles. The standard InChI is InChI=1S/C21H23Cl2N7O3S/c1-3-30(4-2)34(32,33)15-8-6-14(7-9-15)27-19-18(24)20(26-12-25-19)28-29-21(31)16-10-5-13(22)11-17(16)23/h5-12H,3-4,24H2,1-2H3,(H,29,31)(H2,25,26,27,28). The molecule has 0 radical (unpaired) electrons. The maximum atomic E-state index is 12.6. The molecular weight excluding hydrogens is 501 g/mol. The van der Waals surface area contributed by atoms with Gasteiger partial charge in [0.15, 0.2) is 11.6 Å². The Hall–Kier alpha value is -3.12. The number of amides is 1. The molecule has 0 saturated heterocycles. The number of rotatable bonds is 9. The molecule has 2 aromatic carbocycles. The minimum absolute atomic E-state index is 0.129. The summed E-state index contributed by atoms with van der Waals surface area (Å²) in [4.78, 5) is 20.7. The maximum Gasteiger partial charge on any atom is 0.271 e. The molecule has 0 aliphatic heterocycles. The molecule has 0 fully saturated rings. The van der Waals surface area contributed by atoms with E-state index in [0.29, 0.717) is 23.8 Å². The summed E-state index contributed by atoms with van der Waals surface area (Å²) >= 11 is 11.9. The average Bonchev–Trinajstić information content (AvgIpc) is 2.80. The number of sulfonamides is 1. The van der Waals surface area contributed by atoms with Gasteiger partial charge in [0.1, 0.15) is 12.0 Å². The first-order valence-electron chi connectivity index (χ1n) is 10.2. The van der Waals surface area contributed by atoms with E-state index in [2.05, 4.69) is 26.1 Å². The lowest BCUT2D eigenvalue weighted by atomic mass is 10.2. The van der Waals surface area contributed by atoms with Gasteiger partial charge in [-0.1, -0.05) is 37.0 Å². The number of benzene rings is 2. The highest BCUT2D eigenvalue weighted by molar-refractivity contribution is 7.89. The number of anilines is 4. The van der Waals surface area contributed by atoms with Crippen molar-refractivity contribution in [2.75, 3.05) is 29.6 Å². The van der Waals surface area contributed by atoms with Gasteiger partial charge < -0.3 is 11.1 Å². The second-order valence-electron chi connectivity index (χ2n) is 6.93. The highest BCUT2D eigenvalue weighted by atomic mass is 35.5. The number of halogens is 2. The summed E-state index contributed by atoms with van der Waals surface area (Å²) in [5, 5.41) is 3.61. The molecule has 0 saturated carbocycles. The summed E-state index contributed by atoms with van der Waals surface area (Å²) in [6.07, 6.45) is 1.25. The number of carbonyl (C=O) groups excluding carboxylic acids is 1. The molecule has 0 atom stereocenters. The molecule has 0 aliphatic rings. The lowest BCUT2D eigenvalue weighted by Crippen LogP contribution is -2.30. The van der Waals surface area contributed by atoms with E-state index >= 15 is 0 Å². The van der Waals surface area contributed by atoms with E-state index in [9.17, 15) is 13.2 Å². The number of hydrazine groups is 1. The average molecular weight is 524 g/mol. The number of nitrogens with zero attached hydrogens (tertiary/aromatic N) is 3. The van der Waals surface area contributed by atoms with Gasteiger partial charge in [0.25, 0.3) is 5.91 Å². The number of nitrogens with one attached hydrogen (secondary N) is 3. The zero-order valence-electron chi connectivity index (χ0n) is 18.3. The van der Waals surface area contributed by atoms with Gasteiger partial charge in [-0.2, -0.15) is 4.31 Å². The van der Waals surface area contributed by atoms with Crippen molar-refractivity contribution in [2.45, 2.75) is 18.7 Å². The van der Waals surface area contributed by atoms with Crippen LogP contribution in [0.15, 0.2) is 53.7 Å². The van der Waals surface area contributed by atoms with E-state index in [-0.39, 0.29) is 32.8 Å². The molecule has 0 aliphatic carbocycles.